The van der Waals surface area contributed by atoms with Crippen LogP contribution in [0.2, 0.25) is 5.02 Å². The van der Waals surface area contributed by atoms with E-state index in [0.717, 1.165) is 39.4 Å². The summed E-state index contributed by atoms with van der Waals surface area (Å²) in [6.45, 7) is 0. The Morgan fingerprint density at radius 3 is 2.52 bits per heavy atom. The van der Waals surface area contributed by atoms with E-state index >= 15 is 0 Å². The molecule has 5 heteroatoms. The minimum absolute atomic E-state index is 0.167. The van der Waals surface area contributed by atoms with Gasteiger partial charge in [0, 0.05) is 34.4 Å². The summed E-state index contributed by atoms with van der Waals surface area (Å²) in [6.07, 6.45) is 2.43. The molecular formula is C20H13ClN4. The second-order valence-corrected chi connectivity index (χ2v) is 6.13. The van der Waals surface area contributed by atoms with Crippen molar-refractivity contribution in [2.45, 2.75) is 6.42 Å². The molecule has 0 saturated heterocycles. The van der Waals surface area contributed by atoms with Crippen molar-refractivity contribution in [3.8, 4) is 11.8 Å². The van der Waals surface area contributed by atoms with Crippen LogP contribution in [0.1, 0.15) is 17.1 Å². The molecule has 2 heterocycles. The fourth-order valence-corrected chi connectivity index (χ4v) is 3.03. The Labute approximate surface area is 150 Å². The molecule has 0 unspecified atom stereocenters. The van der Waals surface area contributed by atoms with Gasteiger partial charge in [0.1, 0.15) is 11.7 Å². The molecule has 4 aromatic rings. The SMILES string of the molecule is N#Cc1ncc2cc(Cc3ccc(Cl)cc3)n(-c3ccccc3)c2n1. The summed E-state index contributed by atoms with van der Waals surface area (Å²) in [7, 11) is 0. The molecule has 2 aromatic heterocycles. The molecule has 0 aliphatic carbocycles. The van der Waals surface area contributed by atoms with Crippen LogP contribution in [-0.2, 0) is 6.42 Å². The minimum atomic E-state index is 0.167. The van der Waals surface area contributed by atoms with Crippen LogP contribution in [-0.4, -0.2) is 14.5 Å². The normalized spacial score (nSPS) is 10.7. The van der Waals surface area contributed by atoms with Gasteiger partial charge in [-0.25, -0.2) is 9.97 Å². The highest BCUT2D eigenvalue weighted by molar-refractivity contribution is 6.30. The van der Waals surface area contributed by atoms with Crippen molar-refractivity contribution in [3.05, 3.63) is 89.0 Å². The maximum atomic E-state index is 9.13. The van der Waals surface area contributed by atoms with Crippen molar-refractivity contribution >= 4 is 22.6 Å². The highest BCUT2D eigenvalue weighted by atomic mass is 35.5. The van der Waals surface area contributed by atoms with E-state index in [2.05, 4.69) is 20.6 Å². The van der Waals surface area contributed by atoms with Gasteiger partial charge in [-0.05, 0) is 35.9 Å². The van der Waals surface area contributed by atoms with Gasteiger partial charge in [0.25, 0.3) is 0 Å². The number of para-hydroxylation sites is 1. The summed E-state index contributed by atoms with van der Waals surface area (Å²) < 4.78 is 2.08. The Bertz CT molecular complexity index is 1080. The van der Waals surface area contributed by atoms with E-state index in [4.69, 9.17) is 16.9 Å². The number of halogens is 1. The van der Waals surface area contributed by atoms with Crippen molar-refractivity contribution in [3.63, 3.8) is 0 Å². The van der Waals surface area contributed by atoms with Crippen LogP contribution < -0.4 is 0 Å². The number of fused-ring (bicyclic) bond motifs is 1. The van der Waals surface area contributed by atoms with Gasteiger partial charge in [0.05, 0.1) is 0 Å². The molecule has 0 saturated carbocycles. The molecule has 25 heavy (non-hydrogen) atoms. The maximum Gasteiger partial charge on any atom is 0.234 e. The van der Waals surface area contributed by atoms with E-state index in [1.165, 1.54) is 0 Å². The Morgan fingerprint density at radius 1 is 1.04 bits per heavy atom. The first-order valence-electron chi connectivity index (χ1n) is 7.82. The molecule has 4 nitrogen and oxygen atoms in total. The third-order valence-electron chi connectivity index (χ3n) is 4.03. The second kappa shape index (κ2) is 6.39. The largest absolute Gasteiger partial charge is 0.298 e. The molecule has 0 fully saturated rings. The van der Waals surface area contributed by atoms with E-state index in [-0.39, 0.29) is 5.82 Å². The lowest BCUT2D eigenvalue weighted by Gasteiger charge is -2.10. The predicted octanol–water partition coefficient (Wildman–Crippen LogP) is 4.54. The Balaban J connectivity index is 1.91. The van der Waals surface area contributed by atoms with Crippen molar-refractivity contribution in [2.75, 3.05) is 0 Å². The van der Waals surface area contributed by atoms with Crippen molar-refractivity contribution < 1.29 is 0 Å². The average Bonchev–Trinajstić information content (AvgIpc) is 3.01. The fourth-order valence-electron chi connectivity index (χ4n) is 2.90. The van der Waals surface area contributed by atoms with Crippen molar-refractivity contribution in [2.24, 2.45) is 0 Å². The van der Waals surface area contributed by atoms with Gasteiger partial charge < -0.3 is 0 Å². The average molecular weight is 345 g/mol. The van der Waals surface area contributed by atoms with Gasteiger partial charge in [-0.2, -0.15) is 5.26 Å². The highest BCUT2D eigenvalue weighted by Crippen LogP contribution is 2.25. The predicted molar refractivity (Wildman–Crippen MR) is 97.8 cm³/mol. The number of nitrogens with zero attached hydrogens (tertiary/aromatic N) is 4. The fraction of sp³-hybridized carbons (Fsp3) is 0.0500. The lowest BCUT2D eigenvalue weighted by atomic mass is 10.1. The third-order valence-corrected chi connectivity index (χ3v) is 4.28. The Kier molecular flexibility index (Phi) is 3.93. The molecule has 0 amide bonds. The van der Waals surface area contributed by atoms with E-state index in [9.17, 15) is 0 Å². The molecule has 2 aromatic carbocycles. The molecule has 0 spiro atoms. The number of hydrogen-bond donors (Lipinski definition) is 0. The van der Waals surface area contributed by atoms with Crippen LogP contribution in [0.5, 0.6) is 0 Å². The van der Waals surface area contributed by atoms with Crippen LogP contribution in [0.15, 0.2) is 66.9 Å². The first-order chi connectivity index (χ1) is 12.2. The van der Waals surface area contributed by atoms with Crippen LogP contribution in [0.4, 0.5) is 0 Å². The number of benzene rings is 2. The summed E-state index contributed by atoms with van der Waals surface area (Å²) in [5, 5.41) is 10.8. The zero-order chi connectivity index (χ0) is 17.2. The number of rotatable bonds is 3. The van der Waals surface area contributed by atoms with Gasteiger partial charge in [0.2, 0.25) is 5.82 Å². The number of aromatic nitrogens is 3. The summed E-state index contributed by atoms with van der Waals surface area (Å²) in [4.78, 5) is 8.51. The molecular weight excluding hydrogens is 332 g/mol. The lowest BCUT2D eigenvalue weighted by molar-refractivity contribution is 0.965. The summed E-state index contributed by atoms with van der Waals surface area (Å²) in [5.41, 5.74) is 3.97. The van der Waals surface area contributed by atoms with Crippen LogP contribution in [0.3, 0.4) is 0 Å². The lowest BCUT2D eigenvalue weighted by Crippen LogP contribution is -2.02. The van der Waals surface area contributed by atoms with Crippen LogP contribution in [0, 0.1) is 11.3 Å². The molecule has 0 aliphatic heterocycles. The van der Waals surface area contributed by atoms with Gasteiger partial charge in [-0.15, -0.1) is 0 Å². The number of nitriles is 1. The highest BCUT2D eigenvalue weighted by Gasteiger charge is 2.13. The number of hydrogen-bond acceptors (Lipinski definition) is 3. The van der Waals surface area contributed by atoms with Gasteiger partial charge >= 0.3 is 0 Å². The quantitative estimate of drug-likeness (QED) is 0.548. The van der Waals surface area contributed by atoms with Crippen molar-refractivity contribution in [1.82, 2.24) is 14.5 Å². The van der Waals surface area contributed by atoms with E-state index < -0.39 is 0 Å². The van der Waals surface area contributed by atoms with Crippen molar-refractivity contribution in [1.29, 1.82) is 5.26 Å². The van der Waals surface area contributed by atoms with E-state index in [0.29, 0.717) is 0 Å². The summed E-state index contributed by atoms with van der Waals surface area (Å²) >= 11 is 5.99. The zero-order valence-electron chi connectivity index (χ0n) is 13.2. The Hall–Kier alpha value is -3.16. The van der Waals surface area contributed by atoms with Gasteiger partial charge in [0.15, 0.2) is 0 Å². The molecule has 0 aliphatic rings. The molecule has 120 valence electrons. The van der Waals surface area contributed by atoms with Crippen LogP contribution in [0.25, 0.3) is 16.7 Å². The first-order valence-corrected chi connectivity index (χ1v) is 8.20. The summed E-state index contributed by atoms with van der Waals surface area (Å²) in [5.74, 6) is 0.167. The molecule has 0 N–H and O–H groups in total. The first kappa shape index (κ1) is 15.4. The van der Waals surface area contributed by atoms with Gasteiger partial charge in [-0.3, -0.25) is 4.57 Å². The third kappa shape index (κ3) is 2.98. The molecule has 0 radical (unpaired) electrons. The zero-order valence-corrected chi connectivity index (χ0v) is 14.0. The summed E-state index contributed by atoms with van der Waals surface area (Å²) in [6, 6.07) is 21.9. The van der Waals surface area contributed by atoms with E-state index in [1.807, 2.05) is 60.7 Å². The molecule has 0 atom stereocenters. The maximum absolute atomic E-state index is 9.13. The standard InChI is InChI=1S/C20H13ClN4/c21-16-8-6-14(7-9-16)10-18-11-15-13-23-19(12-22)24-20(15)25(18)17-4-2-1-3-5-17/h1-9,11,13H,10H2. The molecule has 0 bridgehead atoms. The Morgan fingerprint density at radius 2 is 1.80 bits per heavy atom. The minimum Gasteiger partial charge on any atom is -0.298 e. The van der Waals surface area contributed by atoms with E-state index in [1.54, 1.807) is 6.20 Å². The second-order valence-electron chi connectivity index (χ2n) is 5.69. The van der Waals surface area contributed by atoms with Gasteiger partial charge in [-0.1, -0.05) is 41.9 Å². The topological polar surface area (TPSA) is 54.5 Å². The smallest absolute Gasteiger partial charge is 0.234 e. The molecule has 4 rings (SSSR count). The van der Waals surface area contributed by atoms with Crippen LogP contribution >= 0.6 is 11.6 Å². The monoisotopic (exact) mass is 344 g/mol.